The quantitative estimate of drug-likeness (QED) is 0.670. The zero-order chi connectivity index (χ0) is 19.1. The fourth-order valence-corrected chi connectivity index (χ4v) is 3.34. The summed E-state index contributed by atoms with van der Waals surface area (Å²) >= 11 is 0. The van der Waals surface area contributed by atoms with E-state index < -0.39 is 0 Å². The summed E-state index contributed by atoms with van der Waals surface area (Å²) in [6.45, 7) is 10.4. The van der Waals surface area contributed by atoms with Crippen LogP contribution in [0.4, 0.5) is 0 Å². The van der Waals surface area contributed by atoms with E-state index in [0.29, 0.717) is 17.9 Å². The Bertz CT molecular complexity index is 857. The van der Waals surface area contributed by atoms with Crippen molar-refractivity contribution in [2.45, 2.75) is 65.8 Å². The van der Waals surface area contributed by atoms with Crippen molar-refractivity contribution >= 4 is 5.78 Å². The highest BCUT2D eigenvalue weighted by molar-refractivity contribution is 5.98. The Hall–Kier alpha value is -2.41. The second-order valence-electron chi connectivity index (χ2n) is 8.77. The molecule has 1 heterocycles. The molecule has 0 aliphatic heterocycles. The van der Waals surface area contributed by atoms with Gasteiger partial charge in [0.1, 0.15) is 5.69 Å². The number of hydrogen-bond acceptors (Lipinski definition) is 3. The maximum Gasteiger partial charge on any atom is 0.181 e. The first kappa shape index (κ1) is 18.4. The normalized spacial score (nSPS) is 14.5. The van der Waals surface area contributed by atoms with Crippen LogP contribution in [0.5, 0.6) is 0 Å². The van der Waals surface area contributed by atoms with Gasteiger partial charge in [-0.3, -0.25) is 9.48 Å². The lowest BCUT2D eigenvalue weighted by Crippen LogP contribution is -2.19. The molecule has 1 saturated carbocycles. The predicted octanol–water partition coefficient (Wildman–Crippen LogP) is 5.50. The molecule has 26 heavy (non-hydrogen) atoms. The summed E-state index contributed by atoms with van der Waals surface area (Å²) in [5.41, 5.74) is 4.36. The molecule has 0 spiro atoms. The molecule has 0 atom stereocenters. The molecule has 0 unspecified atom stereocenters. The average Bonchev–Trinajstić information content (AvgIpc) is 3.32. The molecule has 0 N–H and O–H groups in total. The number of benzene rings is 1. The van der Waals surface area contributed by atoms with Gasteiger partial charge < -0.3 is 0 Å². The summed E-state index contributed by atoms with van der Waals surface area (Å²) in [5, 5.41) is 13.9. The number of nitriles is 1. The maximum atomic E-state index is 13.2. The summed E-state index contributed by atoms with van der Waals surface area (Å²) in [6, 6.07) is 9.79. The molecule has 0 bridgehead atoms. The van der Waals surface area contributed by atoms with Gasteiger partial charge in [0.15, 0.2) is 5.78 Å². The van der Waals surface area contributed by atoms with E-state index >= 15 is 0 Å². The lowest BCUT2D eigenvalue weighted by molar-refractivity contribution is 0.0926. The third kappa shape index (κ3) is 3.72. The van der Waals surface area contributed by atoms with Gasteiger partial charge in [-0.05, 0) is 50.2 Å². The van der Waals surface area contributed by atoms with Crippen LogP contribution >= 0.6 is 0 Å². The number of carbonyl (C=O) groups excluding carboxylic acids is 1. The van der Waals surface area contributed by atoms with Crippen LogP contribution in [0, 0.1) is 16.7 Å². The van der Waals surface area contributed by atoms with Crippen molar-refractivity contribution in [1.82, 2.24) is 9.78 Å². The molecule has 0 saturated heterocycles. The van der Waals surface area contributed by atoms with Gasteiger partial charge in [-0.25, -0.2) is 0 Å². The van der Waals surface area contributed by atoms with Crippen LogP contribution in [0.1, 0.15) is 87.5 Å². The summed E-state index contributed by atoms with van der Waals surface area (Å²) in [5.74, 6) is 0.604. The molecule has 4 nitrogen and oxygen atoms in total. The second-order valence-corrected chi connectivity index (χ2v) is 8.77. The number of hydrogen-bond donors (Lipinski definition) is 0. The Morgan fingerprint density at radius 1 is 1.27 bits per heavy atom. The molecule has 3 rings (SSSR count). The highest BCUT2D eigenvalue weighted by Crippen LogP contribution is 2.47. The summed E-state index contributed by atoms with van der Waals surface area (Å²) in [6.07, 6.45) is 2.74. The van der Waals surface area contributed by atoms with Crippen LogP contribution in [-0.4, -0.2) is 15.6 Å². The van der Waals surface area contributed by atoms with E-state index in [-0.39, 0.29) is 17.2 Å². The second kappa shape index (κ2) is 6.72. The number of rotatable bonds is 5. The first-order chi connectivity index (χ1) is 12.2. The van der Waals surface area contributed by atoms with Crippen LogP contribution in [0.2, 0.25) is 0 Å². The molecule has 136 valence electrons. The fourth-order valence-electron chi connectivity index (χ4n) is 3.34. The summed E-state index contributed by atoms with van der Waals surface area (Å²) in [4.78, 5) is 13.2. The molecule has 2 aromatic rings. The molecule has 0 radical (unpaired) electrons. The average molecular weight is 349 g/mol. The van der Waals surface area contributed by atoms with Crippen molar-refractivity contribution < 1.29 is 4.79 Å². The van der Waals surface area contributed by atoms with E-state index in [9.17, 15) is 4.79 Å². The topological polar surface area (TPSA) is 58.7 Å². The van der Waals surface area contributed by atoms with E-state index in [4.69, 9.17) is 10.4 Å². The van der Waals surface area contributed by atoms with E-state index in [0.717, 1.165) is 35.4 Å². The molecule has 4 heteroatoms. The Morgan fingerprint density at radius 2 is 1.88 bits per heavy atom. The van der Waals surface area contributed by atoms with Crippen LogP contribution in [-0.2, 0) is 0 Å². The molecule has 0 amide bonds. The van der Waals surface area contributed by atoms with Gasteiger partial charge in [-0.2, -0.15) is 10.4 Å². The van der Waals surface area contributed by atoms with Gasteiger partial charge in [0, 0.05) is 23.6 Å². The van der Waals surface area contributed by atoms with Crippen molar-refractivity contribution in [3.8, 4) is 17.3 Å². The third-order valence-electron chi connectivity index (χ3n) is 4.66. The molecular weight excluding hydrogens is 322 g/mol. The smallest absolute Gasteiger partial charge is 0.181 e. The van der Waals surface area contributed by atoms with Gasteiger partial charge in [0.05, 0.1) is 17.3 Å². The summed E-state index contributed by atoms with van der Waals surface area (Å²) in [7, 11) is 0. The first-order valence-corrected chi connectivity index (χ1v) is 9.37. The van der Waals surface area contributed by atoms with Crippen LogP contribution in [0.25, 0.3) is 11.3 Å². The van der Waals surface area contributed by atoms with Gasteiger partial charge in [-0.15, -0.1) is 0 Å². The lowest BCUT2D eigenvalue weighted by Gasteiger charge is -2.19. The molecular formula is C22H27N3O. The maximum absolute atomic E-state index is 13.2. The highest BCUT2D eigenvalue weighted by atomic mass is 16.1. The largest absolute Gasteiger partial charge is 0.292 e. The van der Waals surface area contributed by atoms with Gasteiger partial charge in [0.2, 0.25) is 0 Å². The molecule has 1 aliphatic rings. The Kier molecular flexibility index (Phi) is 4.75. The van der Waals surface area contributed by atoms with E-state index in [1.807, 2.05) is 28.9 Å². The Balaban J connectivity index is 2.15. The summed E-state index contributed by atoms with van der Waals surface area (Å²) < 4.78 is 1.91. The van der Waals surface area contributed by atoms with Crippen molar-refractivity contribution in [2.24, 2.45) is 5.41 Å². The number of ketones is 1. The van der Waals surface area contributed by atoms with Crippen molar-refractivity contribution in [3.63, 3.8) is 0 Å². The predicted molar refractivity (Wildman–Crippen MR) is 103 cm³/mol. The standard InChI is InChI=1S/C22H27N3O/c1-14(2)25-21(18(26)12-22(3,4)5)19(16-10-11-16)20(24-25)17-8-6-15(13-23)7-9-17/h6-9,14,16H,10-12H2,1-5H3. The Morgan fingerprint density at radius 3 is 2.35 bits per heavy atom. The minimum absolute atomic E-state index is 0.0570. The van der Waals surface area contributed by atoms with Gasteiger partial charge in [-0.1, -0.05) is 32.9 Å². The van der Waals surface area contributed by atoms with E-state index in [1.165, 1.54) is 0 Å². The molecule has 1 fully saturated rings. The minimum Gasteiger partial charge on any atom is -0.292 e. The van der Waals surface area contributed by atoms with Crippen molar-refractivity contribution in [2.75, 3.05) is 0 Å². The lowest BCUT2D eigenvalue weighted by atomic mass is 9.87. The SMILES string of the molecule is CC(C)n1nc(-c2ccc(C#N)cc2)c(C2CC2)c1C(=O)CC(C)(C)C. The van der Waals surface area contributed by atoms with Crippen LogP contribution < -0.4 is 0 Å². The van der Waals surface area contributed by atoms with Crippen LogP contribution in [0.15, 0.2) is 24.3 Å². The first-order valence-electron chi connectivity index (χ1n) is 9.37. The van der Waals surface area contributed by atoms with Gasteiger partial charge in [0.25, 0.3) is 0 Å². The molecule has 1 aromatic heterocycles. The number of Topliss-reactive ketones (excluding diaryl/α,β-unsaturated/α-hetero) is 1. The van der Waals surface area contributed by atoms with E-state index in [1.54, 1.807) is 0 Å². The molecule has 1 aromatic carbocycles. The number of carbonyl (C=O) groups is 1. The van der Waals surface area contributed by atoms with Crippen LogP contribution in [0.3, 0.4) is 0 Å². The van der Waals surface area contributed by atoms with Crippen molar-refractivity contribution in [3.05, 3.63) is 41.1 Å². The fraction of sp³-hybridized carbons (Fsp3) is 0.500. The van der Waals surface area contributed by atoms with Crippen molar-refractivity contribution in [1.29, 1.82) is 5.26 Å². The monoisotopic (exact) mass is 349 g/mol. The zero-order valence-corrected chi connectivity index (χ0v) is 16.3. The number of aromatic nitrogens is 2. The highest BCUT2D eigenvalue weighted by Gasteiger charge is 2.36. The Labute approximate surface area is 155 Å². The third-order valence-corrected chi connectivity index (χ3v) is 4.66. The molecule has 1 aliphatic carbocycles. The number of nitrogens with zero attached hydrogens (tertiary/aromatic N) is 3. The van der Waals surface area contributed by atoms with E-state index in [2.05, 4.69) is 40.7 Å². The minimum atomic E-state index is -0.0570. The zero-order valence-electron chi connectivity index (χ0n) is 16.3. The van der Waals surface area contributed by atoms with Gasteiger partial charge >= 0.3 is 0 Å².